The van der Waals surface area contributed by atoms with Crippen molar-refractivity contribution in [3.05, 3.63) is 65.0 Å². The molecule has 1 aliphatic carbocycles. The van der Waals surface area contributed by atoms with Crippen molar-refractivity contribution in [3.8, 4) is 5.75 Å². The van der Waals surface area contributed by atoms with Gasteiger partial charge in [-0.1, -0.05) is 6.07 Å². The number of rotatable bonds is 4. The molecule has 1 N–H and O–H groups in total. The lowest BCUT2D eigenvalue weighted by molar-refractivity contribution is -0.135. The Hall–Kier alpha value is -2.88. The average Bonchev–Trinajstić information content (AvgIpc) is 2.80. The summed E-state index contributed by atoms with van der Waals surface area (Å²) in [4.78, 5) is 15.3. The highest BCUT2D eigenvalue weighted by Gasteiger charge is 2.25. The van der Waals surface area contributed by atoms with Crippen LogP contribution in [-0.4, -0.2) is 23.2 Å². The van der Waals surface area contributed by atoms with Gasteiger partial charge in [-0.15, -0.1) is 0 Å². The third kappa shape index (κ3) is 2.88. The number of benzene rings is 1. The van der Waals surface area contributed by atoms with E-state index in [1.165, 1.54) is 0 Å². The van der Waals surface area contributed by atoms with Crippen LogP contribution >= 0.6 is 0 Å². The standard InChI is InChI=1S/C19H17NO3/c1-12-16(9-13-5-7-20-8-6-13)15-4-3-14(23-2)10-18(15)17(12)11-19(21)22/h3-10H,11H2,1-2H3,(H,21,22)/b16-9-. The van der Waals surface area contributed by atoms with Crippen molar-refractivity contribution in [3.63, 3.8) is 0 Å². The van der Waals surface area contributed by atoms with Crippen molar-refractivity contribution in [1.29, 1.82) is 0 Å². The second kappa shape index (κ2) is 6.08. The monoisotopic (exact) mass is 307 g/mol. The molecule has 0 unspecified atom stereocenters. The fourth-order valence-corrected chi connectivity index (χ4v) is 2.89. The summed E-state index contributed by atoms with van der Waals surface area (Å²) in [6, 6.07) is 9.65. The lowest BCUT2D eigenvalue weighted by Gasteiger charge is -2.07. The van der Waals surface area contributed by atoms with Gasteiger partial charge in [-0.3, -0.25) is 9.78 Å². The van der Waals surface area contributed by atoms with Crippen molar-refractivity contribution in [2.24, 2.45) is 0 Å². The minimum atomic E-state index is -0.835. The van der Waals surface area contributed by atoms with Crippen LogP contribution in [0, 0.1) is 0 Å². The van der Waals surface area contributed by atoms with E-state index in [1.54, 1.807) is 19.5 Å². The maximum atomic E-state index is 11.2. The zero-order valence-electron chi connectivity index (χ0n) is 13.0. The number of aliphatic carboxylic acids is 1. The Bertz CT molecular complexity index is 820. The van der Waals surface area contributed by atoms with Crippen LogP contribution in [0.2, 0.25) is 0 Å². The number of carbonyl (C=O) groups is 1. The molecule has 116 valence electrons. The number of carboxylic acids is 1. The van der Waals surface area contributed by atoms with Crippen molar-refractivity contribution < 1.29 is 14.6 Å². The van der Waals surface area contributed by atoms with Gasteiger partial charge in [0.05, 0.1) is 13.5 Å². The van der Waals surface area contributed by atoms with Crippen LogP contribution < -0.4 is 4.74 Å². The van der Waals surface area contributed by atoms with E-state index in [0.29, 0.717) is 0 Å². The summed E-state index contributed by atoms with van der Waals surface area (Å²) < 4.78 is 5.28. The van der Waals surface area contributed by atoms with Crippen molar-refractivity contribution in [1.82, 2.24) is 4.98 Å². The molecule has 0 atom stereocenters. The quantitative estimate of drug-likeness (QED) is 0.931. The summed E-state index contributed by atoms with van der Waals surface area (Å²) >= 11 is 0. The van der Waals surface area contributed by atoms with E-state index in [4.69, 9.17) is 4.74 Å². The molecule has 0 saturated carbocycles. The van der Waals surface area contributed by atoms with Crippen LogP contribution in [0.5, 0.6) is 5.75 Å². The maximum absolute atomic E-state index is 11.2. The third-order valence-corrected chi connectivity index (χ3v) is 4.04. The van der Waals surface area contributed by atoms with E-state index < -0.39 is 5.97 Å². The molecule has 23 heavy (non-hydrogen) atoms. The molecule has 3 rings (SSSR count). The highest BCUT2D eigenvalue weighted by atomic mass is 16.5. The Morgan fingerprint density at radius 2 is 1.96 bits per heavy atom. The predicted molar refractivity (Wildman–Crippen MR) is 89.9 cm³/mol. The van der Waals surface area contributed by atoms with Gasteiger partial charge < -0.3 is 9.84 Å². The summed E-state index contributed by atoms with van der Waals surface area (Å²) in [5.41, 5.74) is 5.89. The zero-order valence-corrected chi connectivity index (χ0v) is 13.0. The number of hydrogen-bond donors (Lipinski definition) is 1. The van der Waals surface area contributed by atoms with Crippen LogP contribution in [0.25, 0.3) is 17.2 Å². The first kappa shape index (κ1) is 15.0. The van der Waals surface area contributed by atoms with E-state index in [2.05, 4.69) is 11.1 Å². The van der Waals surface area contributed by atoms with E-state index >= 15 is 0 Å². The first-order valence-corrected chi connectivity index (χ1v) is 7.32. The first-order chi connectivity index (χ1) is 11.1. The average molecular weight is 307 g/mol. The minimum absolute atomic E-state index is 0.000311. The summed E-state index contributed by atoms with van der Waals surface area (Å²) in [5, 5.41) is 9.23. The van der Waals surface area contributed by atoms with Gasteiger partial charge in [0.25, 0.3) is 0 Å². The molecule has 4 heteroatoms. The van der Waals surface area contributed by atoms with E-state index in [-0.39, 0.29) is 6.42 Å². The number of fused-ring (bicyclic) bond motifs is 1. The largest absolute Gasteiger partial charge is 0.497 e. The molecule has 1 aliphatic rings. The van der Waals surface area contributed by atoms with E-state index in [9.17, 15) is 9.90 Å². The zero-order chi connectivity index (χ0) is 16.4. The summed E-state index contributed by atoms with van der Waals surface area (Å²) in [6.45, 7) is 1.97. The summed E-state index contributed by atoms with van der Waals surface area (Å²) in [5.74, 6) is -0.108. The Labute approximate surface area is 134 Å². The van der Waals surface area contributed by atoms with Gasteiger partial charge in [0.1, 0.15) is 5.75 Å². The molecule has 4 nitrogen and oxygen atoms in total. The molecule has 0 radical (unpaired) electrons. The number of carboxylic acid groups (broad SMARTS) is 1. The SMILES string of the molecule is COc1ccc2c(c1)C(CC(=O)O)=C(C)/C2=C/c1ccncc1. The lowest BCUT2D eigenvalue weighted by Crippen LogP contribution is -1.97. The lowest BCUT2D eigenvalue weighted by atomic mass is 10.0. The third-order valence-electron chi connectivity index (χ3n) is 4.04. The molecule has 0 amide bonds. The van der Waals surface area contributed by atoms with E-state index in [0.717, 1.165) is 39.2 Å². The Kier molecular flexibility index (Phi) is 3.98. The number of nitrogens with zero attached hydrogens (tertiary/aromatic N) is 1. The molecular formula is C19H17NO3. The van der Waals surface area contributed by atoms with Crippen LogP contribution in [0.1, 0.15) is 30.0 Å². The van der Waals surface area contributed by atoms with E-state index in [1.807, 2.05) is 37.3 Å². The van der Waals surface area contributed by atoms with Crippen molar-refractivity contribution >= 4 is 23.2 Å². The molecule has 0 fully saturated rings. The number of aromatic nitrogens is 1. The Balaban J connectivity index is 2.17. The summed E-state index contributed by atoms with van der Waals surface area (Å²) in [6.07, 6.45) is 5.55. The number of pyridine rings is 1. The van der Waals surface area contributed by atoms with Gasteiger partial charge in [-0.05, 0) is 70.7 Å². The molecule has 0 saturated heterocycles. The number of allylic oxidation sites excluding steroid dienone is 2. The van der Waals surface area contributed by atoms with Crippen LogP contribution in [0.4, 0.5) is 0 Å². The van der Waals surface area contributed by atoms with Crippen molar-refractivity contribution in [2.45, 2.75) is 13.3 Å². The molecule has 0 aliphatic heterocycles. The first-order valence-electron chi connectivity index (χ1n) is 7.32. The van der Waals surface area contributed by atoms with Gasteiger partial charge in [-0.2, -0.15) is 0 Å². The second-order valence-corrected chi connectivity index (χ2v) is 5.42. The smallest absolute Gasteiger partial charge is 0.307 e. The highest BCUT2D eigenvalue weighted by Crippen LogP contribution is 2.44. The molecule has 1 heterocycles. The summed E-state index contributed by atoms with van der Waals surface area (Å²) in [7, 11) is 1.61. The minimum Gasteiger partial charge on any atom is -0.497 e. The second-order valence-electron chi connectivity index (χ2n) is 5.42. The van der Waals surface area contributed by atoms with Gasteiger partial charge in [0.15, 0.2) is 0 Å². The highest BCUT2D eigenvalue weighted by molar-refractivity contribution is 6.07. The maximum Gasteiger partial charge on any atom is 0.307 e. The van der Waals surface area contributed by atoms with Crippen LogP contribution in [0.15, 0.2) is 48.3 Å². The molecule has 2 aromatic rings. The molecule has 0 bridgehead atoms. The number of methoxy groups -OCH3 is 1. The van der Waals surface area contributed by atoms with Crippen LogP contribution in [-0.2, 0) is 4.79 Å². The topological polar surface area (TPSA) is 59.4 Å². The molecule has 1 aromatic heterocycles. The molecule has 1 aromatic carbocycles. The van der Waals surface area contributed by atoms with Crippen LogP contribution in [0.3, 0.4) is 0 Å². The van der Waals surface area contributed by atoms with Gasteiger partial charge in [-0.25, -0.2) is 0 Å². The van der Waals surface area contributed by atoms with Gasteiger partial charge >= 0.3 is 5.97 Å². The normalized spacial score (nSPS) is 15.0. The fraction of sp³-hybridized carbons (Fsp3) is 0.158. The molecule has 0 spiro atoms. The molecular weight excluding hydrogens is 290 g/mol. The van der Waals surface area contributed by atoms with Crippen molar-refractivity contribution in [2.75, 3.05) is 7.11 Å². The number of hydrogen-bond acceptors (Lipinski definition) is 3. The number of ether oxygens (including phenoxy) is 1. The Morgan fingerprint density at radius 3 is 2.61 bits per heavy atom. The Morgan fingerprint density at radius 1 is 1.22 bits per heavy atom. The fourth-order valence-electron chi connectivity index (χ4n) is 2.89. The van der Waals surface area contributed by atoms with Gasteiger partial charge in [0, 0.05) is 12.4 Å². The predicted octanol–water partition coefficient (Wildman–Crippen LogP) is 3.89. The van der Waals surface area contributed by atoms with Gasteiger partial charge in [0.2, 0.25) is 0 Å².